The number of carbonyl (C=O) groups excluding carboxylic acids is 1. The topological polar surface area (TPSA) is 81.9 Å². The van der Waals surface area contributed by atoms with Crippen LogP contribution in [0.1, 0.15) is 35.8 Å². The lowest BCUT2D eigenvalue weighted by Crippen LogP contribution is -2.26. The highest BCUT2D eigenvalue weighted by Crippen LogP contribution is 2.18. The molecule has 1 amide bonds. The second-order valence-corrected chi connectivity index (χ2v) is 5.50. The third-order valence-electron chi connectivity index (χ3n) is 3.78. The van der Waals surface area contributed by atoms with Gasteiger partial charge in [-0.25, -0.2) is 4.68 Å². The Bertz CT molecular complexity index is 814. The molecule has 0 aliphatic carbocycles. The Kier molecular flexibility index (Phi) is 5.03. The van der Waals surface area contributed by atoms with Gasteiger partial charge in [-0.2, -0.15) is 0 Å². The van der Waals surface area contributed by atoms with E-state index in [1.54, 1.807) is 24.3 Å². The van der Waals surface area contributed by atoms with Crippen molar-refractivity contribution in [3.05, 3.63) is 66.0 Å². The van der Waals surface area contributed by atoms with Crippen molar-refractivity contribution in [2.45, 2.75) is 19.9 Å². The van der Waals surface area contributed by atoms with Crippen molar-refractivity contribution in [2.75, 3.05) is 6.61 Å². The second-order valence-electron chi connectivity index (χ2n) is 5.50. The number of carbonyl (C=O) groups is 1. The Morgan fingerprint density at radius 3 is 2.48 bits per heavy atom. The summed E-state index contributed by atoms with van der Waals surface area (Å²) in [5, 5.41) is 14.0. The summed E-state index contributed by atoms with van der Waals surface area (Å²) in [5.74, 6) is 0.688. The Balaban J connectivity index is 1.64. The number of nitrogens with one attached hydrogen (secondary N) is 1. The highest BCUT2D eigenvalue weighted by molar-refractivity contribution is 5.94. The molecule has 0 fully saturated rings. The summed E-state index contributed by atoms with van der Waals surface area (Å²) in [6.45, 7) is 4.52. The van der Waals surface area contributed by atoms with Crippen LogP contribution in [0.25, 0.3) is 5.69 Å². The first-order valence-electron chi connectivity index (χ1n) is 8.04. The molecule has 1 N–H and O–H groups in total. The van der Waals surface area contributed by atoms with Gasteiger partial charge in [0.15, 0.2) is 0 Å². The summed E-state index contributed by atoms with van der Waals surface area (Å²) in [4.78, 5) is 12.4. The van der Waals surface area contributed by atoms with E-state index in [9.17, 15) is 4.79 Å². The molecule has 0 radical (unpaired) electrons. The minimum absolute atomic E-state index is 0.109. The molecule has 0 saturated carbocycles. The fourth-order valence-corrected chi connectivity index (χ4v) is 2.43. The molecule has 3 rings (SSSR count). The zero-order valence-electron chi connectivity index (χ0n) is 14.1. The molecule has 0 aliphatic rings. The Morgan fingerprint density at radius 2 is 1.88 bits per heavy atom. The van der Waals surface area contributed by atoms with Crippen LogP contribution in [0.3, 0.4) is 0 Å². The van der Waals surface area contributed by atoms with Crippen molar-refractivity contribution >= 4 is 5.91 Å². The molecule has 1 atom stereocenters. The van der Waals surface area contributed by atoms with Crippen molar-refractivity contribution in [1.29, 1.82) is 0 Å². The van der Waals surface area contributed by atoms with Crippen molar-refractivity contribution in [1.82, 2.24) is 25.5 Å². The summed E-state index contributed by atoms with van der Waals surface area (Å²) in [6, 6.07) is 14.7. The lowest BCUT2D eigenvalue weighted by Gasteiger charge is -2.15. The van der Waals surface area contributed by atoms with Gasteiger partial charge in [0.2, 0.25) is 0 Å². The molecule has 0 aliphatic heterocycles. The van der Waals surface area contributed by atoms with Crippen LogP contribution in [0.4, 0.5) is 0 Å². The van der Waals surface area contributed by atoms with E-state index in [1.165, 1.54) is 11.0 Å². The van der Waals surface area contributed by atoms with E-state index in [-0.39, 0.29) is 11.9 Å². The first-order chi connectivity index (χ1) is 12.2. The normalized spacial score (nSPS) is 11.8. The molecule has 0 saturated heterocycles. The van der Waals surface area contributed by atoms with E-state index in [1.807, 2.05) is 38.1 Å². The molecule has 0 bridgehead atoms. The number of hydrogen-bond acceptors (Lipinski definition) is 5. The van der Waals surface area contributed by atoms with Gasteiger partial charge in [0.25, 0.3) is 5.91 Å². The Morgan fingerprint density at radius 1 is 1.16 bits per heavy atom. The number of rotatable bonds is 6. The molecular formula is C18H19N5O2. The maximum Gasteiger partial charge on any atom is 0.251 e. The van der Waals surface area contributed by atoms with Gasteiger partial charge in [-0.3, -0.25) is 4.79 Å². The monoisotopic (exact) mass is 337 g/mol. The largest absolute Gasteiger partial charge is 0.494 e. The highest BCUT2D eigenvalue weighted by Gasteiger charge is 2.12. The van der Waals surface area contributed by atoms with Gasteiger partial charge in [-0.05, 0) is 66.2 Å². The number of ether oxygens (including phenoxy) is 1. The molecule has 2 aromatic carbocycles. The van der Waals surface area contributed by atoms with Crippen LogP contribution in [-0.2, 0) is 0 Å². The minimum atomic E-state index is -0.135. The van der Waals surface area contributed by atoms with Crippen LogP contribution >= 0.6 is 0 Å². The fourth-order valence-electron chi connectivity index (χ4n) is 2.43. The number of amides is 1. The standard InChI is InChI=1S/C18H19N5O2/c1-3-25-17-10-6-14(7-11-17)13(2)20-18(24)15-4-8-16(9-5-15)23-12-19-21-22-23/h4-13H,3H2,1-2H3,(H,20,24)/t13-/m0/s1. The second kappa shape index (κ2) is 7.57. The molecule has 1 aromatic heterocycles. The first-order valence-corrected chi connectivity index (χ1v) is 8.04. The van der Waals surface area contributed by atoms with E-state index >= 15 is 0 Å². The number of aromatic nitrogens is 4. The van der Waals surface area contributed by atoms with E-state index < -0.39 is 0 Å². The zero-order valence-corrected chi connectivity index (χ0v) is 14.1. The smallest absolute Gasteiger partial charge is 0.251 e. The number of tetrazole rings is 1. The maximum absolute atomic E-state index is 12.4. The van der Waals surface area contributed by atoms with Gasteiger partial charge in [0, 0.05) is 5.56 Å². The van der Waals surface area contributed by atoms with Crippen molar-refractivity contribution < 1.29 is 9.53 Å². The molecular weight excluding hydrogens is 318 g/mol. The van der Waals surface area contributed by atoms with Gasteiger partial charge in [-0.15, -0.1) is 5.10 Å². The van der Waals surface area contributed by atoms with Crippen molar-refractivity contribution in [3.63, 3.8) is 0 Å². The fraction of sp³-hybridized carbons (Fsp3) is 0.222. The third kappa shape index (κ3) is 4.00. The average Bonchev–Trinajstić information content (AvgIpc) is 3.17. The van der Waals surface area contributed by atoms with Gasteiger partial charge in [0.05, 0.1) is 18.3 Å². The summed E-state index contributed by atoms with van der Waals surface area (Å²) in [6.07, 6.45) is 1.50. The molecule has 1 heterocycles. The van der Waals surface area contributed by atoms with Crippen LogP contribution in [-0.4, -0.2) is 32.7 Å². The highest BCUT2D eigenvalue weighted by atomic mass is 16.5. The van der Waals surface area contributed by atoms with Crippen LogP contribution in [0.15, 0.2) is 54.9 Å². The SMILES string of the molecule is CCOc1ccc([C@H](C)NC(=O)c2ccc(-n3cnnn3)cc2)cc1. The van der Waals surface area contributed by atoms with Crippen LogP contribution in [0.2, 0.25) is 0 Å². The number of benzene rings is 2. The molecule has 3 aromatic rings. The van der Waals surface area contributed by atoms with Crippen LogP contribution in [0.5, 0.6) is 5.75 Å². The van der Waals surface area contributed by atoms with Gasteiger partial charge in [-0.1, -0.05) is 12.1 Å². The molecule has 25 heavy (non-hydrogen) atoms. The zero-order chi connectivity index (χ0) is 17.6. The summed E-state index contributed by atoms with van der Waals surface area (Å²) >= 11 is 0. The van der Waals surface area contributed by atoms with Gasteiger partial charge >= 0.3 is 0 Å². The third-order valence-corrected chi connectivity index (χ3v) is 3.78. The minimum Gasteiger partial charge on any atom is -0.494 e. The van der Waals surface area contributed by atoms with Gasteiger partial charge < -0.3 is 10.1 Å². The number of nitrogens with zero attached hydrogens (tertiary/aromatic N) is 4. The van der Waals surface area contributed by atoms with E-state index in [0.29, 0.717) is 12.2 Å². The quantitative estimate of drug-likeness (QED) is 0.747. The maximum atomic E-state index is 12.4. The lowest BCUT2D eigenvalue weighted by molar-refractivity contribution is 0.0940. The lowest BCUT2D eigenvalue weighted by atomic mass is 10.1. The molecule has 128 valence electrons. The summed E-state index contributed by atoms with van der Waals surface area (Å²) in [7, 11) is 0. The Labute approximate surface area is 145 Å². The average molecular weight is 337 g/mol. The predicted molar refractivity (Wildman–Crippen MR) is 92.6 cm³/mol. The van der Waals surface area contributed by atoms with Crippen LogP contribution in [0, 0.1) is 0 Å². The summed E-state index contributed by atoms with van der Waals surface area (Å²) in [5.41, 5.74) is 2.39. The first kappa shape index (κ1) is 16.6. The molecule has 0 unspecified atom stereocenters. The molecule has 7 nitrogen and oxygen atoms in total. The molecule has 0 spiro atoms. The van der Waals surface area contributed by atoms with E-state index in [0.717, 1.165) is 17.0 Å². The van der Waals surface area contributed by atoms with E-state index in [2.05, 4.69) is 20.8 Å². The van der Waals surface area contributed by atoms with Crippen LogP contribution < -0.4 is 10.1 Å². The van der Waals surface area contributed by atoms with Crippen molar-refractivity contribution in [2.24, 2.45) is 0 Å². The van der Waals surface area contributed by atoms with E-state index in [4.69, 9.17) is 4.74 Å². The van der Waals surface area contributed by atoms with Gasteiger partial charge in [0.1, 0.15) is 12.1 Å². The summed E-state index contributed by atoms with van der Waals surface area (Å²) < 4.78 is 6.96. The Hall–Kier alpha value is -3.22. The molecule has 7 heteroatoms. The number of hydrogen-bond donors (Lipinski definition) is 1. The predicted octanol–water partition coefficient (Wildman–Crippen LogP) is 2.55. The van der Waals surface area contributed by atoms with Crippen molar-refractivity contribution in [3.8, 4) is 11.4 Å².